The number of ketones is 2. The van der Waals surface area contributed by atoms with Crippen molar-refractivity contribution in [1.29, 1.82) is 0 Å². The van der Waals surface area contributed by atoms with Crippen LogP contribution in [0, 0.1) is 5.92 Å². The molecule has 0 aromatic carbocycles. The highest BCUT2D eigenvalue weighted by Crippen LogP contribution is 2.12. The van der Waals surface area contributed by atoms with Gasteiger partial charge in [0.05, 0.1) is 18.2 Å². The summed E-state index contributed by atoms with van der Waals surface area (Å²) in [5.74, 6) is -6.12. The first-order valence-corrected chi connectivity index (χ1v) is 21.9. The number of carbonyl (C=O) groups excluding carboxylic acids is 6. The number of hydrogen-bond acceptors (Lipinski definition) is 10. The average Bonchev–Trinajstić information content (AvgIpc) is 3.17. The molecule has 2 unspecified atom stereocenters. The molecule has 0 saturated carbocycles. The second-order valence-electron chi connectivity index (χ2n) is 16.0. The molecule has 6 atom stereocenters. The van der Waals surface area contributed by atoms with Gasteiger partial charge in [0, 0.05) is 19.4 Å². The van der Waals surface area contributed by atoms with Crippen molar-refractivity contribution in [1.82, 2.24) is 26.6 Å². The number of aliphatic carboxylic acids is 1. The van der Waals surface area contributed by atoms with E-state index in [-0.39, 0.29) is 50.5 Å². The second kappa shape index (κ2) is 32.7. The molecule has 340 valence electrons. The molecule has 0 aliphatic carbocycles. The van der Waals surface area contributed by atoms with Crippen LogP contribution >= 0.6 is 0 Å². The number of aliphatic imine (C=N–C) groups is 1. The maximum atomic E-state index is 13.7. The van der Waals surface area contributed by atoms with E-state index in [1.807, 2.05) is 13.8 Å². The zero-order chi connectivity index (χ0) is 44.8. The van der Waals surface area contributed by atoms with Crippen LogP contribution in [-0.4, -0.2) is 107 Å². The van der Waals surface area contributed by atoms with Crippen LogP contribution in [0.15, 0.2) is 4.99 Å². The van der Waals surface area contributed by atoms with E-state index in [2.05, 4.69) is 45.4 Å². The number of hydrogen-bond donors (Lipinski definition) is 9. The first kappa shape index (κ1) is 54.9. The SMILES string of the molecule is CC(C)CC1NC(=O)[C@H](CCCN=C(N)N)NC(=O)C(CCC(=O)O)NC(=O)[C@H]([C@@H](C)O)NC(=O)CCCCCCCCCN[C@@H](C)C(=O)C1=O.CCCCCCCC. The van der Waals surface area contributed by atoms with E-state index in [1.165, 1.54) is 45.4 Å². The summed E-state index contributed by atoms with van der Waals surface area (Å²) in [5, 5.41) is 32.8. The minimum absolute atomic E-state index is 0.0329. The van der Waals surface area contributed by atoms with Crippen molar-refractivity contribution in [3.8, 4) is 0 Å². The minimum Gasteiger partial charge on any atom is -0.481 e. The van der Waals surface area contributed by atoms with Crippen LogP contribution < -0.4 is 38.1 Å². The number of nitrogens with zero attached hydrogens (tertiary/aromatic N) is 1. The topological polar surface area (TPSA) is 284 Å². The smallest absolute Gasteiger partial charge is 0.303 e. The quantitative estimate of drug-likeness (QED) is 0.0498. The van der Waals surface area contributed by atoms with Gasteiger partial charge in [-0.3, -0.25) is 38.6 Å². The molecule has 1 aliphatic rings. The zero-order valence-corrected chi connectivity index (χ0v) is 36.7. The van der Waals surface area contributed by atoms with Gasteiger partial charge in [-0.1, -0.05) is 98.3 Å². The molecule has 17 heteroatoms. The molecule has 0 spiro atoms. The maximum absolute atomic E-state index is 13.7. The summed E-state index contributed by atoms with van der Waals surface area (Å²) in [7, 11) is 0. The number of carbonyl (C=O) groups is 7. The van der Waals surface area contributed by atoms with E-state index < -0.39 is 83.9 Å². The van der Waals surface area contributed by atoms with E-state index in [4.69, 9.17) is 11.5 Å². The molecule has 1 aliphatic heterocycles. The Kier molecular flexibility index (Phi) is 30.4. The first-order chi connectivity index (χ1) is 27.9. The maximum Gasteiger partial charge on any atom is 0.303 e. The number of amides is 4. The first-order valence-electron chi connectivity index (χ1n) is 21.9. The molecule has 0 aromatic rings. The molecule has 0 radical (unpaired) electrons. The van der Waals surface area contributed by atoms with Crippen LogP contribution in [0.5, 0.6) is 0 Å². The lowest BCUT2D eigenvalue weighted by atomic mass is 9.95. The van der Waals surface area contributed by atoms with E-state index >= 15 is 0 Å². The highest BCUT2D eigenvalue weighted by Gasteiger charge is 2.35. The molecule has 17 nitrogen and oxygen atoms in total. The van der Waals surface area contributed by atoms with Crippen molar-refractivity contribution >= 4 is 47.1 Å². The Balaban J connectivity index is 0.00000378. The number of Topliss-reactive ketones (excluding diaryl/α,β-unsaturated/α-hetero) is 2. The third-order valence-corrected chi connectivity index (χ3v) is 9.90. The third kappa shape index (κ3) is 26.6. The van der Waals surface area contributed by atoms with Crippen molar-refractivity contribution in [2.75, 3.05) is 13.1 Å². The predicted molar refractivity (Wildman–Crippen MR) is 229 cm³/mol. The van der Waals surface area contributed by atoms with Gasteiger partial charge in [0.15, 0.2) is 5.96 Å². The predicted octanol–water partition coefficient (Wildman–Crippen LogP) is 2.89. The van der Waals surface area contributed by atoms with Crippen molar-refractivity contribution in [3.63, 3.8) is 0 Å². The second-order valence-corrected chi connectivity index (χ2v) is 16.0. The fraction of sp³-hybridized carbons (Fsp3) is 0.810. The highest BCUT2D eigenvalue weighted by molar-refractivity contribution is 6.41. The summed E-state index contributed by atoms with van der Waals surface area (Å²) in [6.07, 6.45) is 12.4. The Morgan fingerprint density at radius 3 is 1.76 bits per heavy atom. The standard InChI is InChI=1S/C34H60N8O9.C8H18/c1-20(2)19-25-30(48)29(47)21(3)37-17-11-9-7-5-6-8-10-14-26(44)42-28(22(4)43)33(51)40-24(15-16-27(45)46)32(50)39-23(31(49)41-25)13-12-18-38-34(35)36;1-3-5-7-8-6-4-2/h20-25,28,37,43H,5-19H2,1-4H3,(H,39,50)(H,40,51)(H,41,49)(H,42,44)(H,45,46)(H4,35,36,38);3-8H2,1-2H3/t21-,22+,23-,24?,25?,28-;/m0./s1. The molecule has 0 bridgehead atoms. The van der Waals surface area contributed by atoms with Gasteiger partial charge >= 0.3 is 5.97 Å². The van der Waals surface area contributed by atoms with Crippen molar-refractivity contribution in [2.45, 2.75) is 200 Å². The van der Waals surface area contributed by atoms with E-state index in [1.54, 1.807) is 6.92 Å². The van der Waals surface area contributed by atoms with Gasteiger partial charge in [0.25, 0.3) is 0 Å². The van der Waals surface area contributed by atoms with E-state index in [9.17, 15) is 43.8 Å². The van der Waals surface area contributed by atoms with E-state index in [0.717, 1.165) is 38.5 Å². The number of guanidine groups is 1. The molecule has 1 fully saturated rings. The van der Waals surface area contributed by atoms with Gasteiger partial charge in [0.1, 0.15) is 18.1 Å². The van der Waals surface area contributed by atoms with Gasteiger partial charge in [0.2, 0.25) is 35.2 Å². The van der Waals surface area contributed by atoms with Crippen molar-refractivity contribution in [3.05, 3.63) is 0 Å². The summed E-state index contributed by atoms with van der Waals surface area (Å²) in [5.41, 5.74) is 10.8. The van der Waals surface area contributed by atoms with Gasteiger partial charge in [-0.05, 0) is 64.8 Å². The average molecular weight is 839 g/mol. The number of carboxylic acids is 1. The van der Waals surface area contributed by atoms with Gasteiger partial charge in [-0.15, -0.1) is 0 Å². The number of aliphatic hydroxyl groups excluding tert-OH is 1. The van der Waals surface area contributed by atoms with Crippen molar-refractivity contribution in [2.24, 2.45) is 22.4 Å². The largest absolute Gasteiger partial charge is 0.481 e. The van der Waals surface area contributed by atoms with Crippen LogP contribution in [0.2, 0.25) is 0 Å². The minimum atomic E-state index is -1.49. The zero-order valence-electron chi connectivity index (χ0n) is 36.7. The van der Waals surface area contributed by atoms with Crippen molar-refractivity contribution < 1.29 is 43.8 Å². The fourth-order valence-electron chi connectivity index (χ4n) is 6.41. The monoisotopic (exact) mass is 839 g/mol. The molecule has 4 amide bonds. The van der Waals surface area contributed by atoms with E-state index in [0.29, 0.717) is 13.0 Å². The summed E-state index contributed by atoms with van der Waals surface area (Å²) < 4.78 is 0. The lowest BCUT2D eigenvalue weighted by Crippen LogP contribution is -2.59. The van der Waals surface area contributed by atoms with Gasteiger partial charge < -0.3 is 48.3 Å². The molecule has 0 aromatic heterocycles. The third-order valence-electron chi connectivity index (χ3n) is 9.90. The molecular formula is C42H78N8O9. The van der Waals surface area contributed by atoms with Crippen LogP contribution in [-0.2, 0) is 33.6 Å². The Labute approximate surface area is 352 Å². The number of nitrogens with two attached hydrogens (primary N) is 2. The number of carboxylic acid groups (broad SMARTS) is 1. The Morgan fingerprint density at radius 2 is 1.24 bits per heavy atom. The van der Waals surface area contributed by atoms with Crippen LogP contribution in [0.3, 0.4) is 0 Å². The number of unbranched alkanes of at least 4 members (excludes halogenated alkanes) is 5. The molecular weight excluding hydrogens is 761 g/mol. The summed E-state index contributed by atoms with van der Waals surface area (Å²) in [4.78, 5) is 95.2. The molecule has 1 saturated heterocycles. The lowest BCUT2D eigenvalue weighted by molar-refractivity contribution is -0.140. The summed E-state index contributed by atoms with van der Waals surface area (Å²) in [6, 6.07) is -6.23. The summed E-state index contributed by atoms with van der Waals surface area (Å²) in [6.45, 7) is 11.7. The Hall–Kier alpha value is -4.12. The van der Waals surface area contributed by atoms with Crippen LogP contribution in [0.4, 0.5) is 0 Å². The summed E-state index contributed by atoms with van der Waals surface area (Å²) >= 11 is 0. The number of rotatable bonds is 15. The van der Waals surface area contributed by atoms with Crippen LogP contribution in [0.1, 0.15) is 164 Å². The highest BCUT2D eigenvalue weighted by atomic mass is 16.4. The number of aliphatic hydroxyl groups is 1. The molecule has 11 N–H and O–H groups in total. The fourth-order valence-corrected chi connectivity index (χ4v) is 6.41. The Bertz CT molecular complexity index is 1300. The molecule has 1 heterocycles. The van der Waals surface area contributed by atoms with Gasteiger partial charge in [-0.25, -0.2) is 0 Å². The Morgan fingerprint density at radius 1 is 0.712 bits per heavy atom. The van der Waals surface area contributed by atoms with Gasteiger partial charge in [-0.2, -0.15) is 0 Å². The molecule has 1 rings (SSSR count). The normalized spacial score (nSPS) is 23.2. The lowest BCUT2D eigenvalue weighted by Gasteiger charge is -2.27. The molecule has 59 heavy (non-hydrogen) atoms. The van der Waals surface area contributed by atoms with Crippen LogP contribution in [0.25, 0.3) is 0 Å². The number of nitrogens with one attached hydrogen (secondary N) is 5.